The van der Waals surface area contributed by atoms with Gasteiger partial charge in [-0.2, -0.15) is 0 Å². The monoisotopic (exact) mass is 274 g/mol. The number of carboxylic acid groups (broad SMARTS) is 1. The first kappa shape index (κ1) is 13.1. The van der Waals surface area contributed by atoms with Crippen molar-refractivity contribution < 1.29 is 15.0 Å². The van der Waals surface area contributed by atoms with Crippen LogP contribution in [0.1, 0.15) is 23.7 Å². The van der Waals surface area contributed by atoms with Crippen LogP contribution in [0.5, 0.6) is 0 Å². The van der Waals surface area contributed by atoms with E-state index in [1.54, 1.807) is 0 Å². The van der Waals surface area contributed by atoms with Crippen LogP contribution in [0.2, 0.25) is 0 Å². The molecular formula is C15H18N2O3. The summed E-state index contributed by atoms with van der Waals surface area (Å²) in [5.41, 5.74) is 3.26. The number of carboxylic acids is 1. The number of aliphatic hydroxyl groups excluding tert-OH is 1. The molecule has 3 rings (SSSR count). The highest BCUT2D eigenvalue weighted by molar-refractivity contribution is 5.83. The van der Waals surface area contributed by atoms with Gasteiger partial charge in [-0.3, -0.25) is 4.79 Å². The molecule has 0 saturated carbocycles. The number of aliphatic hydroxyl groups is 1. The molecule has 1 aliphatic rings. The highest BCUT2D eigenvalue weighted by Gasteiger charge is 2.34. The smallest absolute Gasteiger partial charge is 0.310 e. The first-order chi connectivity index (χ1) is 9.56. The van der Waals surface area contributed by atoms with Gasteiger partial charge in [-0.25, -0.2) is 0 Å². The quantitative estimate of drug-likeness (QED) is 0.669. The third-order valence-electron chi connectivity index (χ3n) is 4.12. The van der Waals surface area contributed by atoms with Crippen LogP contribution in [-0.4, -0.2) is 33.8 Å². The molecule has 2 aromatic rings. The van der Waals surface area contributed by atoms with E-state index >= 15 is 0 Å². The summed E-state index contributed by atoms with van der Waals surface area (Å²) in [7, 11) is 0. The fourth-order valence-corrected chi connectivity index (χ4v) is 2.90. The first-order valence-electron chi connectivity index (χ1n) is 6.78. The number of rotatable bonds is 2. The minimum Gasteiger partial charge on any atom is -0.481 e. The summed E-state index contributed by atoms with van der Waals surface area (Å²) < 4.78 is 0. The van der Waals surface area contributed by atoms with E-state index < -0.39 is 18.0 Å². The fourth-order valence-electron chi connectivity index (χ4n) is 2.90. The van der Waals surface area contributed by atoms with Gasteiger partial charge in [-0.1, -0.05) is 12.1 Å². The minimum absolute atomic E-state index is 0.0348. The zero-order valence-electron chi connectivity index (χ0n) is 11.3. The third kappa shape index (κ3) is 2.19. The van der Waals surface area contributed by atoms with Crippen molar-refractivity contribution in [3.8, 4) is 0 Å². The molecule has 1 aliphatic heterocycles. The topological polar surface area (TPSA) is 85.3 Å². The molecule has 20 heavy (non-hydrogen) atoms. The van der Waals surface area contributed by atoms with E-state index in [9.17, 15) is 9.90 Å². The average Bonchev–Trinajstić information content (AvgIpc) is 2.83. The second kappa shape index (κ2) is 4.92. The van der Waals surface area contributed by atoms with Crippen LogP contribution in [0.25, 0.3) is 10.9 Å². The number of benzene rings is 1. The molecule has 1 aromatic carbocycles. The number of aliphatic carboxylic acids is 1. The average molecular weight is 274 g/mol. The summed E-state index contributed by atoms with van der Waals surface area (Å²) in [5, 5.41) is 23.3. The number of H-pyrrole nitrogens is 1. The Morgan fingerprint density at radius 2 is 2.20 bits per heavy atom. The predicted molar refractivity (Wildman–Crippen MR) is 75.5 cm³/mol. The molecule has 0 amide bonds. The summed E-state index contributed by atoms with van der Waals surface area (Å²) >= 11 is 0. The molecule has 3 unspecified atom stereocenters. The summed E-state index contributed by atoms with van der Waals surface area (Å²) in [6.45, 7) is 2.35. The number of aryl methyl sites for hydroxylation is 1. The van der Waals surface area contributed by atoms with Gasteiger partial charge in [-0.15, -0.1) is 0 Å². The van der Waals surface area contributed by atoms with Crippen molar-refractivity contribution in [2.45, 2.75) is 25.5 Å². The van der Waals surface area contributed by atoms with Crippen molar-refractivity contribution in [2.24, 2.45) is 5.92 Å². The Bertz CT molecular complexity index is 650. The van der Waals surface area contributed by atoms with E-state index in [1.807, 2.05) is 12.1 Å². The lowest BCUT2D eigenvalue weighted by atomic mass is 9.90. The zero-order valence-corrected chi connectivity index (χ0v) is 11.3. The number of carbonyl (C=O) groups is 1. The number of hydrogen-bond acceptors (Lipinski definition) is 3. The number of fused-ring (bicyclic) bond motifs is 1. The Kier molecular flexibility index (Phi) is 3.23. The largest absolute Gasteiger partial charge is 0.481 e. The number of hydrogen-bond donors (Lipinski definition) is 4. The molecule has 4 N–H and O–H groups in total. The van der Waals surface area contributed by atoms with Crippen LogP contribution in [0.3, 0.4) is 0 Å². The van der Waals surface area contributed by atoms with Gasteiger partial charge in [0.05, 0.1) is 12.0 Å². The highest BCUT2D eigenvalue weighted by atomic mass is 16.4. The molecule has 0 spiro atoms. The van der Waals surface area contributed by atoms with Crippen LogP contribution >= 0.6 is 0 Å². The maximum Gasteiger partial charge on any atom is 0.310 e. The summed E-state index contributed by atoms with van der Waals surface area (Å²) in [6.07, 6.45) is -0.408. The second-order valence-electron chi connectivity index (χ2n) is 5.47. The van der Waals surface area contributed by atoms with Crippen molar-refractivity contribution in [3.63, 3.8) is 0 Å². The third-order valence-corrected chi connectivity index (χ3v) is 4.12. The van der Waals surface area contributed by atoms with E-state index in [2.05, 4.69) is 29.4 Å². The van der Waals surface area contributed by atoms with Gasteiger partial charge in [0.15, 0.2) is 0 Å². The van der Waals surface area contributed by atoms with Crippen LogP contribution < -0.4 is 5.32 Å². The minimum atomic E-state index is -0.948. The summed E-state index contributed by atoms with van der Waals surface area (Å²) in [6, 6.07) is 8.12. The van der Waals surface area contributed by atoms with Gasteiger partial charge in [-0.05, 0) is 31.0 Å². The Morgan fingerprint density at radius 1 is 1.40 bits per heavy atom. The molecule has 0 bridgehead atoms. The summed E-state index contributed by atoms with van der Waals surface area (Å²) in [5.74, 6) is -1.67. The molecule has 2 heterocycles. The number of aromatic nitrogens is 1. The Hall–Kier alpha value is -1.85. The van der Waals surface area contributed by atoms with Crippen molar-refractivity contribution in [3.05, 3.63) is 35.5 Å². The molecule has 1 fully saturated rings. The van der Waals surface area contributed by atoms with E-state index in [1.165, 1.54) is 10.9 Å². The Labute approximate surface area is 116 Å². The lowest BCUT2D eigenvalue weighted by Crippen LogP contribution is -2.45. The molecule has 5 heteroatoms. The van der Waals surface area contributed by atoms with E-state index in [-0.39, 0.29) is 12.6 Å². The van der Waals surface area contributed by atoms with Crippen molar-refractivity contribution in [2.75, 3.05) is 6.54 Å². The fraction of sp³-hybridized carbons (Fsp3) is 0.400. The van der Waals surface area contributed by atoms with Crippen molar-refractivity contribution in [1.82, 2.24) is 10.3 Å². The van der Waals surface area contributed by atoms with Gasteiger partial charge in [0.1, 0.15) is 0 Å². The molecule has 0 radical (unpaired) electrons. The van der Waals surface area contributed by atoms with Crippen LogP contribution in [0, 0.1) is 12.8 Å². The molecule has 1 aromatic heterocycles. The SMILES string of the molecule is Cc1cccc2[nH]c(C3CC(O)C(C(=O)O)CN3)cc12. The van der Waals surface area contributed by atoms with Gasteiger partial charge < -0.3 is 20.5 Å². The Balaban J connectivity index is 1.86. The zero-order chi connectivity index (χ0) is 14.3. The van der Waals surface area contributed by atoms with Gasteiger partial charge in [0.25, 0.3) is 0 Å². The van der Waals surface area contributed by atoms with Crippen molar-refractivity contribution >= 4 is 16.9 Å². The summed E-state index contributed by atoms with van der Waals surface area (Å²) in [4.78, 5) is 14.3. The lowest BCUT2D eigenvalue weighted by molar-refractivity contribution is -0.147. The standard InChI is InChI=1S/C15H18N2O3/c1-8-3-2-4-11-9(8)5-13(17-11)12-6-14(18)10(7-16-12)15(19)20/h2-5,10,12,14,16-18H,6-7H2,1H3,(H,19,20). The molecule has 0 aliphatic carbocycles. The van der Waals surface area contributed by atoms with Gasteiger partial charge >= 0.3 is 5.97 Å². The van der Waals surface area contributed by atoms with Crippen molar-refractivity contribution in [1.29, 1.82) is 0 Å². The normalized spacial score (nSPS) is 26.8. The molecule has 5 nitrogen and oxygen atoms in total. The number of piperidine rings is 1. The lowest BCUT2D eigenvalue weighted by Gasteiger charge is -2.31. The first-order valence-corrected chi connectivity index (χ1v) is 6.78. The highest BCUT2D eigenvalue weighted by Crippen LogP contribution is 2.29. The molecule has 3 atom stereocenters. The van der Waals surface area contributed by atoms with E-state index in [0.29, 0.717) is 6.42 Å². The Morgan fingerprint density at radius 3 is 2.85 bits per heavy atom. The number of aromatic amines is 1. The van der Waals surface area contributed by atoms with Crippen LogP contribution in [-0.2, 0) is 4.79 Å². The molecule has 1 saturated heterocycles. The van der Waals surface area contributed by atoms with Gasteiger partial charge in [0.2, 0.25) is 0 Å². The molecular weight excluding hydrogens is 256 g/mol. The van der Waals surface area contributed by atoms with E-state index in [0.717, 1.165) is 11.2 Å². The maximum absolute atomic E-state index is 11.0. The molecule has 106 valence electrons. The van der Waals surface area contributed by atoms with Crippen LogP contribution in [0.15, 0.2) is 24.3 Å². The second-order valence-corrected chi connectivity index (χ2v) is 5.47. The van der Waals surface area contributed by atoms with Gasteiger partial charge in [0, 0.05) is 29.2 Å². The van der Waals surface area contributed by atoms with E-state index in [4.69, 9.17) is 5.11 Å². The van der Waals surface area contributed by atoms with Crippen LogP contribution in [0.4, 0.5) is 0 Å². The predicted octanol–water partition coefficient (Wildman–Crippen LogP) is 1.57. The number of nitrogens with one attached hydrogen (secondary N) is 2. The maximum atomic E-state index is 11.0.